The van der Waals surface area contributed by atoms with E-state index in [0.29, 0.717) is 12.0 Å². The highest BCUT2D eigenvalue weighted by molar-refractivity contribution is 6.03. The number of benzene rings is 3. The fraction of sp³-hybridized carbons (Fsp3) is 0.0870. The Morgan fingerprint density at radius 1 is 0.893 bits per heavy atom. The molecule has 5 heteroatoms. The second kappa shape index (κ2) is 7.88. The Balaban J connectivity index is 1.66. The molecular weight excluding hydrogens is 348 g/mol. The number of aryl methyl sites for hydroxylation is 1. The number of imidazole rings is 1. The molecule has 5 nitrogen and oxygen atoms in total. The SMILES string of the molecule is Cn1c(CC(=NNC(=O)c2ccccc2)c2ccccc2)nc2ccccc21. The molecular formula is C23H20N4O. The summed E-state index contributed by atoms with van der Waals surface area (Å²) in [6.07, 6.45) is 0.504. The van der Waals surface area contributed by atoms with E-state index in [0.717, 1.165) is 28.1 Å². The third-order valence-electron chi connectivity index (χ3n) is 4.64. The number of hydrogen-bond acceptors (Lipinski definition) is 3. The van der Waals surface area contributed by atoms with Gasteiger partial charge in [0.1, 0.15) is 5.82 Å². The van der Waals surface area contributed by atoms with E-state index in [1.807, 2.05) is 79.8 Å². The topological polar surface area (TPSA) is 59.3 Å². The van der Waals surface area contributed by atoms with E-state index in [1.54, 1.807) is 12.1 Å². The quantitative estimate of drug-likeness (QED) is 0.428. The zero-order valence-corrected chi connectivity index (χ0v) is 15.5. The summed E-state index contributed by atoms with van der Waals surface area (Å²) in [6.45, 7) is 0. The van der Waals surface area contributed by atoms with Crippen LogP contribution in [0.15, 0.2) is 90.0 Å². The van der Waals surface area contributed by atoms with Crippen LogP contribution in [0, 0.1) is 0 Å². The molecule has 1 heterocycles. The molecule has 28 heavy (non-hydrogen) atoms. The van der Waals surface area contributed by atoms with Crippen molar-refractivity contribution in [3.05, 3.63) is 102 Å². The maximum absolute atomic E-state index is 12.4. The van der Waals surface area contributed by atoms with Gasteiger partial charge in [-0.1, -0.05) is 60.7 Å². The van der Waals surface area contributed by atoms with E-state index >= 15 is 0 Å². The monoisotopic (exact) mass is 368 g/mol. The minimum absolute atomic E-state index is 0.237. The van der Waals surface area contributed by atoms with Crippen molar-refractivity contribution in [3.63, 3.8) is 0 Å². The van der Waals surface area contributed by atoms with Crippen molar-refractivity contribution in [1.82, 2.24) is 15.0 Å². The number of carbonyl (C=O) groups excluding carboxylic acids is 1. The lowest BCUT2D eigenvalue weighted by Crippen LogP contribution is -2.21. The number of aromatic nitrogens is 2. The van der Waals surface area contributed by atoms with Crippen molar-refractivity contribution in [2.45, 2.75) is 6.42 Å². The molecule has 0 aliphatic rings. The second-order valence-electron chi connectivity index (χ2n) is 6.48. The number of fused-ring (bicyclic) bond motifs is 1. The lowest BCUT2D eigenvalue weighted by Gasteiger charge is -2.08. The van der Waals surface area contributed by atoms with Crippen LogP contribution >= 0.6 is 0 Å². The Hall–Kier alpha value is -3.73. The summed E-state index contributed by atoms with van der Waals surface area (Å²) < 4.78 is 2.06. The number of rotatable bonds is 5. The number of nitrogens with one attached hydrogen (secondary N) is 1. The Morgan fingerprint density at radius 2 is 1.50 bits per heavy atom. The third-order valence-corrected chi connectivity index (χ3v) is 4.64. The van der Waals surface area contributed by atoms with Gasteiger partial charge in [-0.15, -0.1) is 0 Å². The molecule has 1 amide bonds. The van der Waals surface area contributed by atoms with Gasteiger partial charge in [0.2, 0.25) is 0 Å². The summed E-state index contributed by atoms with van der Waals surface area (Å²) in [5, 5.41) is 4.44. The molecule has 0 aliphatic heterocycles. The number of carbonyl (C=O) groups is 1. The van der Waals surface area contributed by atoms with Crippen LogP contribution in [0.5, 0.6) is 0 Å². The summed E-state index contributed by atoms with van der Waals surface area (Å²) in [6, 6.07) is 26.9. The molecule has 1 aromatic heterocycles. The van der Waals surface area contributed by atoms with Gasteiger partial charge in [-0.2, -0.15) is 5.10 Å². The van der Waals surface area contributed by atoms with Gasteiger partial charge in [-0.25, -0.2) is 10.4 Å². The van der Waals surface area contributed by atoms with Crippen molar-refractivity contribution in [3.8, 4) is 0 Å². The van der Waals surface area contributed by atoms with E-state index in [9.17, 15) is 4.79 Å². The van der Waals surface area contributed by atoms with Gasteiger partial charge in [-0.05, 0) is 29.8 Å². The minimum Gasteiger partial charge on any atom is -0.331 e. The molecule has 0 atom stereocenters. The molecule has 0 unspecified atom stereocenters. The van der Waals surface area contributed by atoms with Crippen LogP contribution in [-0.4, -0.2) is 21.2 Å². The van der Waals surface area contributed by atoms with Gasteiger partial charge < -0.3 is 4.57 Å². The summed E-state index contributed by atoms with van der Waals surface area (Å²) in [4.78, 5) is 17.1. The van der Waals surface area contributed by atoms with Crippen LogP contribution in [-0.2, 0) is 13.5 Å². The predicted octanol–water partition coefficient (Wildman–Crippen LogP) is 3.95. The Kier molecular flexibility index (Phi) is 4.97. The lowest BCUT2D eigenvalue weighted by molar-refractivity contribution is 0.0955. The summed E-state index contributed by atoms with van der Waals surface area (Å²) in [5.74, 6) is 0.650. The molecule has 0 bridgehead atoms. The highest BCUT2D eigenvalue weighted by Crippen LogP contribution is 2.16. The van der Waals surface area contributed by atoms with Gasteiger partial charge in [0.15, 0.2) is 0 Å². The van der Waals surface area contributed by atoms with Crippen molar-refractivity contribution in [1.29, 1.82) is 0 Å². The average molecular weight is 368 g/mol. The minimum atomic E-state index is -0.237. The molecule has 1 N–H and O–H groups in total. The Labute approximate surface area is 163 Å². The lowest BCUT2D eigenvalue weighted by atomic mass is 10.1. The fourth-order valence-electron chi connectivity index (χ4n) is 3.11. The van der Waals surface area contributed by atoms with Gasteiger partial charge in [0.25, 0.3) is 5.91 Å². The Morgan fingerprint density at radius 3 is 2.18 bits per heavy atom. The van der Waals surface area contributed by atoms with Crippen LogP contribution in [0.4, 0.5) is 0 Å². The van der Waals surface area contributed by atoms with E-state index in [4.69, 9.17) is 4.98 Å². The number of para-hydroxylation sites is 2. The molecule has 4 rings (SSSR count). The van der Waals surface area contributed by atoms with Crippen molar-refractivity contribution >= 4 is 22.7 Å². The predicted molar refractivity (Wildman–Crippen MR) is 111 cm³/mol. The molecule has 0 fully saturated rings. The van der Waals surface area contributed by atoms with Crippen LogP contribution in [0.25, 0.3) is 11.0 Å². The van der Waals surface area contributed by atoms with Gasteiger partial charge >= 0.3 is 0 Å². The molecule has 0 saturated heterocycles. The van der Waals surface area contributed by atoms with Gasteiger partial charge in [0.05, 0.1) is 23.2 Å². The number of nitrogens with zero attached hydrogens (tertiary/aromatic N) is 3. The van der Waals surface area contributed by atoms with Crippen LogP contribution in [0.3, 0.4) is 0 Å². The molecule has 0 aliphatic carbocycles. The first-order valence-corrected chi connectivity index (χ1v) is 9.10. The maximum atomic E-state index is 12.4. The van der Waals surface area contributed by atoms with E-state index < -0.39 is 0 Å². The van der Waals surface area contributed by atoms with Gasteiger partial charge in [-0.3, -0.25) is 4.79 Å². The van der Waals surface area contributed by atoms with Crippen LogP contribution in [0.1, 0.15) is 21.7 Å². The fourth-order valence-corrected chi connectivity index (χ4v) is 3.11. The highest BCUT2D eigenvalue weighted by atomic mass is 16.2. The summed E-state index contributed by atoms with van der Waals surface area (Å²) in [5.41, 5.74) is 6.97. The summed E-state index contributed by atoms with van der Waals surface area (Å²) >= 11 is 0. The molecule has 0 saturated carbocycles. The van der Waals surface area contributed by atoms with Crippen molar-refractivity contribution < 1.29 is 4.79 Å². The number of hydrazone groups is 1. The molecule has 3 aromatic carbocycles. The standard InChI is InChI=1S/C23H20N4O/c1-27-21-15-9-8-14-19(21)24-22(27)16-20(17-10-4-2-5-11-17)25-26-23(28)18-12-6-3-7-13-18/h2-15H,16H2,1H3,(H,26,28). The molecule has 4 aromatic rings. The zero-order chi connectivity index (χ0) is 19.3. The first-order chi connectivity index (χ1) is 13.7. The molecule has 0 spiro atoms. The molecule has 0 radical (unpaired) electrons. The average Bonchev–Trinajstić information content (AvgIpc) is 3.07. The normalized spacial score (nSPS) is 11.5. The largest absolute Gasteiger partial charge is 0.331 e. The second-order valence-corrected chi connectivity index (χ2v) is 6.48. The summed E-state index contributed by atoms with van der Waals surface area (Å²) in [7, 11) is 2.00. The van der Waals surface area contributed by atoms with Crippen LogP contribution in [0.2, 0.25) is 0 Å². The van der Waals surface area contributed by atoms with E-state index in [1.165, 1.54) is 0 Å². The van der Waals surface area contributed by atoms with Crippen molar-refractivity contribution in [2.75, 3.05) is 0 Å². The molecule has 138 valence electrons. The zero-order valence-electron chi connectivity index (χ0n) is 15.5. The smallest absolute Gasteiger partial charge is 0.271 e. The van der Waals surface area contributed by atoms with Crippen molar-refractivity contribution in [2.24, 2.45) is 12.1 Å². The third kappa shape index (κ3) is 3.69. The highest BCUT2D eigenvalue weighted by Gasteiger charge is 2.13. The number of hydrogen-bond donors (Lipinski definition) is 1. The van der Waals surface area contributed by atoms with E-state index in [2.05, 4.69) is 15.1 Å². The number of amides is 1. The van der Waals surface area contributed by atoms with E-state index in [-0.39, 0.29) is 5.91 Å². The van der Waals surface area contributed by atoms with Gasteiger partial charge in [0, 0.05) is 12.6 Å². The van der Waals surface area contributed by atoms with Crippen LogP contribution < -0.4 is 5.43 Å². The first kappa shape index (κ1) is 17.7. The maximum Gasteiger partial charge on any atom is 0.271 e. The Bertz CT molecular complexity index is 1130. The first-order valence-electron chi connectivity index (χ1n) is 9.10.